The predicted octanol–water partition coefficient (Wildman–Crippen LogP) is 0.109. The number of rotatable bonds is 0. The highest BCUT2D eigenvalue weighted by Gasteiger charge is 2.27. The van der Waals surface area contributed by atoms with Crippen molar-refractivity contribution >= 4 is 0 Å². The van der Waals surface area contributed by atoms with Gasteiger partial charge in [0.15, 0.2) is 6.23 Å². The second kappa shape index (κ2) is 1.89. The van der Waals surface area contributed by atoms with Gasteiger partial charge in [-0.3, -0.25) is 4.90 Å². The molecule has 0 aromatic carbocycles. The molecule has 56 valence electrons. The van der Waals surface area contributed by atoms with Crippen LogP contribution >= 0.6 is 0 Å². The molecule has 10 heavy (non-hydrogen) atoms. The third-order valence-electron chi connectivity index (χ3n) is 1.87. The molecule has 2 aliphatic rings. The predicted molar refractivity (Wildman–Crippen MR) is 38.2 cm³/mol. The lowest BCUT2D eigenvalue weighted by Gasteiger charge is -2.14. The molecule has 1 unspecified atom stereocenters. The minimum atomic E-state index is 0.193. The molecule has 0 saturated carbocycles. The summed E-state index contributed by atoms with van der Waals surface area (Å²) in [7, 11) is 2.09. The molecule has 3 heteroatoms. The molecule has 0 amide bonds. The molecule has 0 aromatic rings. The first-order valence-electron chi connectivity index (χ1n) is 3.59. The van der Waals surface area contributed by atoms with Crippen LogP contribution < -0.4 is 5.32 Å². The first-order chi connectivity index (χ1) is 4.75. The van der Waals surface area contributed by atoms with Gasteiger partial charge in [-0.15, -0.1) is 0 Å². The van der Waals surface area contributed by atoms with Gasteiger partial charge in [-0.1, -0.05) is 0 Å². The number of hydrogen-bond acceptors (Lipinski definition) is 3. The van der Waals surface area contributed by atoms with Crippen LogP contribution in [0, 0.1) is 0 Å². The minimum absolute atomic E-state index is 0.193. The zero-order valence-corrected chi connectivity index (χ0v) is 6.35. The topological polar surface area (TPSA) is 24.5 Å². The van der Waals surface area contributed by atoms with Crippen LogP contribution in [0.3, 0.4) is 0 Å². The third kappa shape index (κ3) is 0.778. The maximum Gasteiger partial charge on any atom is 0.166 e. The Kier molecular flexibility index (Phi) is 1.14. The number of likely N-dealkylation sites (N-methyl/N-ethyl adjacent to an activating group) is 1. The molecule has 0 radical (unpaired) electrons. The van der Waals surface area contributed by atoms with Gasteiger partial charge >= 0.3 is 0 Å². The van der Waals surface area contributed by atoms with Gasteiger partial charge < -0.3 is 10.1 Å². The van der Waals surface area contributed by atoms with E-state index in [0.717, 1.165) is 18.8 Å². The summed E-state index contributed by atoms with van der Waals surface area (Å²) in [6.45, 7) is 4.00. The van der Waals surface area contributed by atoms with Gasteiger partial charge in [-0.2, -0.15) is 0 Å². The standard InChI is InChI=1S/C7H12N2O/c1-5-8-6-3-9(2)4-7(6)10-5/h5,8H,3-4H2,1-2H3. The quantitative estimate of drug-likeness (QED) is 0.517. The van der Waals surface area contributed by atoms with Gasteiger partial charge in [-0.05, 0) is 14.0 Å². The Hall–Kier alpha value is -0.700. The van der Waals surface area contributed by atoms with E-state index < -0.39 is 0 Å². The summed E-state index contributed by atoms with van der Waals surface area (Å²) in [4.78, 5) is 2.23. The number of nitrogens with one attached hydrogen (secondary N) is 1. The summed E-state index contributed by atoms with van der Waals surface area (Å²) in [5, 5.41) is 3.26. The fraction of sp³-hybridized carbons (Fsp3) is 0.714. The summed E-state index contributed by atoms with van der Waals surface area (Å²) in [5.41, 5.74) is 1.27. The average Bonchev–Trinajstić information content (AvgIpc) is 2.21. The molecule has 2 heterocycles. The number of hydrogen-bond donors (Lipinski definition) is 1. The zero-order valence-electron chi connectivity index (χ0n) is 6.35. The van der Waals surface area contributed by atoms with Crippen LogP contribution in [0.1, 0.15) is 6.92 Å². The van der Waals surface area contributed by atoms with Crippen LogP contribution in [0.2, 0.25) is 0 Å². The van der Waals surface area contributed by atoms with Gasteiger partial charge in [0.05, 0.1) is 12.2 Å². The van der Waals surface area contributed by atoms with E-state index in [-0.39, 0.29) is 6.23 Å². The van der Waals surface area contributed by atoms with Gasteiger partial charge in [0.1, 0.15) is 5.76 Å². The highest BCUT2D eigenvalue weighted by molar-refractivity contribution is 5.19. The van der Waals surface area contributed by atoms with E-state index in [1.54, 1.807) is 0 Å². The van der Waals surface area contributed by atoms with E-state index in [2.05, 4.69) is 17.3 Å². The van der Waals surface area contributed by atoms with Crippen LogP contribution in [0.15, 0.2) is 11.5 Å². The molecule has 0 saturated heterocycles. The van der Waals surface area contributed by atoms with E-state index in [1.807, 2.05) is 6.92 Å². The Labute approximate surface area is 60.7 Å². The van der Waals surface area contributed by atoms with Crippen molar-refractivity contribution in [2.24, 2.45) is 0 Å². The lowest BCUT2D eigenvalue weighted by atomic mass is 10.4. The molecule has 0 aromatic heterocycles. The zero-order chi connectivity index (χ0) is 7.14. The fourth-order valence-electron chi connectivity index (χ4n) is 1.48. The monoisotopic (exact) mass is 140 g/mol. The summed E-state index contributed by atoms with van der Waals surface area (Å²) in [5.74, 6) is 1.13. The molecule has 0 aliphatic carbocycles. The largest absolute Gasteiger partial charge is 0.472 e. The van der Waals surface area contributed by atoms with Crippen molar-refractivity contribution in [2.45, 2.75) is 13.2 Å². The fourth-order valence-corrected chi connectivity index (χ4v) is 1.48. The van der Waals surface area contributed by atoms with Crippen molar-refractivity contribution in [3.8, 4) is 0 Å². The summed E-state index contributed by atoms with van der Waals surface area (Å²) in [6.07, 6.45) is 0.193. The van der Waals surface area contributed by atoms with Crippen LogP contribution in [0.4, 0.5) is 0 Å². The van der Waals surface area contributed by atoms with Crippen LogP contribution in [-0.2, 0) is 4.74 Å². The van der Waals surface area contributed by atoms with E-state index in [1.165, 1.54) is 5.70 Å². The SMILES string of the molecule is CC1NC2=C(CN(C)C2)O1. The van der Waals surface area contributed by atoms with Crippen molar-refractivity contribution < 1.29 is 4.74 Å². The van der Waals surface area contributed by atoms with Crippen LogP contribution in [0.25, 0.3) is 0 Å². The maximum absolute atomic E-state index is 5.48. The van der Waals surface area contributed by atoms with Gasteiger partial charge in [0.25, 0.3) is 0 Å². The Bertz CT molecular complexity index is 152. The molecule has 0 fully saturated rings. The van der Waals surface area contributed by atoms with E-state index in [9.17, 15) is 0 Å². The molecular formula is C7H12N2O. The van der Waals surface area contributed by atoms with Gasteiger partial charge in [0.2, 0.25) is 0 Å². The van der Waals surface area contributed by atoms with Crippen molar-refractivity contribution in [3.05, 3.63) is 11.5 Å². The molecule has 0 spiro atoms. The van der Waals surface area contributed by atoms with E-state index in [0.29, 0.717) is 0 Å². The normalized spacial score (nSPS) is 32.0. The van der Waals surface area contributed by atoms with Gasteiger partial charge in [-0.25, -0.2) is 0 Å². The molecule has 0 bridgehead atoms. The Balaban J connectivity index is 2.09. The molecule has 2 rings (SSSR count). The van der Waals surface area contributed by atoms with Crippen molar-refractivity contribution in [2.75, 3.05) is 20.1 Å². The van der Waals surface area contributed by atoms with Gasteiger partial charge in [0, 0.05) is 6.54 Å². The lowest BCUT2D eigenvalue weighted by molar-refractivity contribution is 0.126. The first kappa shape index (κ1) is 6.04. The van der Waals surface area contributed by atoms with Crippen molar-refractivity contribution in [1.29, 1.82) is 0 Å². The minimum Gasteiger partial charge on any atom is -0.472 e. The Morgan fingerprint density at radius 1 is 1.60 bits per heavy atom. The molecule has 2 aliphatic heterocycles. The van der Waals surface area contributed by atoms with Crippen molar-refractivity contribution in [1.82, 2.24) is 10.2 Å². The lowest BCUT2D eigenvalue weighted by Crippen LogP contribution is -2.27. The number of ether oxygens (including phenoxy) is 1. The highest BCUT2D eigenvalue weighted by atomic mass is 16.5. The summed E-state index contributed by atoms with van der Waals surface area (Å²) >= 11 is 0. The Morgan fingerprint density at radius 2 is 2.40 bits per heavy atom. The Morgan fingerprint density at radius 3 is 3.10 bits per heavy atom. The summed E-state index contributed by atoms with van der Waals surface area (Å²) < 4.78 is 5.48. The first-order valence-corrected chi connectivity index (χ1v) is 3.59. The smallest absolute Gasteiger partial charge is 0.166 e. The molecule has 1 N–H and O–H groups in total. The molecule has 3 nitrogen and oxygen atoms in total. The third-order valence-corrected chi connectivity index (χ3v) is 1.87. The maximum atomic E-state index is 5.48. The van der Waals surface area contributed by atoms with Crippen LogP contribution in [-0.4, -0.2) is 31.3 Å². The molecular weight excluding hydrogens is 128 g/mol. The second-order valence-corrected chi connectivity index (χ2v) is 2.98. The molecule has 1 atom stereocenters. The number of nitrogens with zero attached hydrogens (tertiary/aromatic N) is 1. The van der Waals surface area contributed by atoms with E-state index in [4.69, 9.17) is 4.74 Å². The second-order valence-electron chi connectivity index (χ2n) is 2.98. The summed E-state index contributed by atoms with van der Waals surface area (Å²) in [6, 6.07) is 0. The average molecular weight is 140 g/mol. The van der Waals surface area contributed by atoms with Crippen LogP contribution in [0.5, 0.6) is 0 Å². The van der Waals surface area contributed by atoms with E-state index >= 15 is 0 Å². The van der Waals surface area contributed by atoms with Crippen molar-refractivity contribution in [3.63, 3.8) is 0 Å². The highest BCUT2D eigenvalue weighted by Crippen LogP contribution is 2.21.